The molecule has 0 saturated carbocycles. The van der Waals surface area contributed by atoms with Crippen molar-refractivity contribution in [2.45, 2.75) is 50.2 Å². The SMILES string of the molecule is CC1(C)O[C@@H]1[C@@H]1c2cccc3c2[C@@](N)(CCN1C(=O)OCc1ccccc1)C(=O)N3. The fourth-order valence-corrected chi connectivity index (χ4v) is 4.68. The molecule has 2 aromatic carbocycles. The van der Waals surface area contributed by atoms with Crippen molar-refractivity contribution in [1.82, 2.24) is 4.90 Å². The van der Waals surface area contributed by atoms with E-state index >= 15 is 0 Å². The lowest BCUT2D eigenvalue weighted by atomic mass is 9.84. The van der Waals surface area contributed by atoms with Gasteiger partial charge in [-0.1, -0.05) is 42.5 Å². The highest BCUT2D eigenvalue weighted by atomic mass is 16.6. The van der Waals surface area contributed by atoms with Gasteiger partial charge in [-0.15, -0.1) is 0 Å². The van der Waals surface area contributed by atoms with Crippen LogP contribution in [0.15, 0.2) is 48.5 Å². The van der Waals surface area contributed by atoms with Gasteiger partial charge >= 0.3 is 6.09 Å². The van der Waals surface area contributed by atoms with Crippen molar-refractivity contribution < 1.29 is 19.1 Å². The number of nitrogens with zero attached hydrogens (tertiary/aromatic N) is 1. The summed E-state index contributed by atoms with van der Waals surface area (Å²) in [7, 11) is 0. The van der Waals surface area contributed by atoms with E-state index in [0.29, 0.717) is 18.7 Å². The molecule has 0 radical (unpaired) electrons. The Hall–Kier alpha value is -2.90. The van der Waals surface area contributed by atoms with Crippen molar-refractivity contribution in [2.75, 3.05) is 11.9 Å². The van der Waals surface area contributed by atoms with Crippen LogP contribution in [-0.2, 0) is 26.4 Å². The molecule has 1 fully saturated rings. The molecule has 0 unspecified atom stereocenters. The second-order valence-corrected chi connectivity index (χ2v) is 8.77. The van der Waals surface area contributed by atoms with E-state index in [1.807, 2.05) is 62.4 Å². The number of anilines is 1. The Morgan fingerprint density at radius 2 is 1.97 bits per heavy atom. The van der Waals surface area contributed by atoms with Gasteiger partial charge in [0.15, 0.2) is 0 Å². The lowest BCUT2D eigenvalue weighted by Crippen LogP contribution is -2.45. The molecule has 3 aliphatic rings. The van der Waals surface area contributed by atoms with Gasteiger partial charge < -0.3 is 20.5 Å². The van der Waals surface area contributed by atoms with Crippen molar-refractivity contribution in [2.24, 2.45) is 5.73 Å². The number of epoxide rings is 1. The third-order valence-electron chi connectivity index (χ3n) is 6.38. The van der Waals surface area contributed by atoms with E-state index in [9.17, 15) is 9.59 Å². The summed E-state index contributed by atoms with van der Waals surface area (Å²) >= 11 is 0. The van der Waals surface area contributed by atoms with Gasteiger partial charge in [0.1, 0.15) is 18.2 Å². The van der Waals surface area contributed by atoms with Gasteiger partial charge in [-0.05, 0) is 37.5 Å². The number of hydrogen-bond acceptors (Lipinski definition) is 5. The first-order valence-corrected chi connectivity index (χ1v) is 10.2. The first kappa shape index (κ1) is 19.1. The van der Waals surface area contributed by atoms with E-state index < -0.39 is 11.6 Å². The van der Waals surface area contributed by atoms with Crippen LogP contribution in [0.4, 0.5) is 10.5 Å². The molecule has 30 heavy (non-hydrogen) atoms. The van der Waals surface area contributed by atoms with Gasteiger partial charge in [0, 0.05) is 17.8 Å². The molecule has 1 saturated heterocycles. The summed E-state index contributed by atoms with van der Waals surface area (Å²) in [6, 6.07) is 14.8. The summed E-state index contributed by atoms with van der Waals surface area (Å²) in [5.74, 6) is -0.237. The summed E-state index contributed by atoms with van der Waals surface area (Å²) in [6.07, 6.45) is -0.324. The average Bonchev–Trinajstić information content (AvgIpc) is 3.31. The summed E-state index contributed by atoms with van der Waals surface area (Å²) in [5.41, 5.74) is 8.31. The van der Waals surface area contributed by atoms with Crippen LogP contribution in [0.3, 0.4) is 0 Å². The van der Waals surface area contributed by atoms with Gasteiger partial charge in [-0.25, -0.2) is 4.79 Å². The zero-order valence-corrected chi connectivity index (χ0v) is 17.1. The zero-order valence-electron chi connectivity index (χ0n) is 17.1. The van der Waals surface area contributed by atoms with E-state index in [0.717, 1.165) is 16.7 Å². The minimum absolute atomic E-state index is 0.180. The monoisotopic (exact) mass is 407 g/mol. The van der Waals surface area contributed by atoms with Crippen LogP contribution in [0.1, 0.15) is 43.0 Å². The molecule has 0 aliphatic carbocycles. The molecular weight excluding hydrogens is 382 g/mol. The second kappa shape index (κ2) is 6.55. The number of carbonyl (C=O) groups is 2. The topological polar surface area (TPSA) is 97.2 Å². The summed E-state index contributed by atoms with van der Waals surface area (Å²) in [4.78, 5) is 27.6. The van der Waals surface area contributed by atoms with Crippen LogP contribution in [0.25, 0.3) is 0 Å². The van der Waals surface area contributed by atoms with Crippen molar-refractivity contribution in [3.63, 3.8) is 0 Å². The highest BCUT2D eigenvalue weighted by Crippen LogP contribution is 2.52. The quantitative estimate of drug-likeness (QED) is 0.762. The summed E-state index contributed by atoms with van der Waals surface area (Å²) in [6.45, 7) is 4.47. The van der Waals surface area contributed by atoms with Gasteiger partial charge in [0.05, 0.1) is 11.6 Å². The number of nitrogens with two attached hydrogens (primary N) is 1. The summed E-state index contributed by atoms with van der Waals surface area (Å²) < 4.78 is 11.6. The maximum atomic E-state index is 13.2. The van der Waals surface area contributed by atoms with E-state index in [-0.39, 0.29) is 30.3 Å². The largest absolute Gasteiger partial charge is 0.445 e. The lowest BCUT2D eigenvalue weighted by molar-refractivity contribution is -0.121. The Balaban J connectivity index is 1.51. The molecule has 0 bridgehead atoms. The molecule has 3 aliphatic heterocycles. The molecule has 7 nitrogen and oxygen atoms in total. The molecule has 3 atom stereocenters. The zero-order chi connectivity index (χ0) is 21.1. The van der Waals surface area contributed by atoms with Crippen LogP contribution in [0.5, 0.6) is 0 Å². The van der Waals surface area contributed by atoms with E-state index in [1.165, 1.54) is 0 Å². The van der Waals surface area contributed by atoms with Gasteiger partial charge in [-0.3, -0.25) is 9.69 Å². The van der Waals surface area contributed by atoms with Crippen molar-refractivity contribution in [3.8, 4) is 0 Å². The predicted octanol–water partition coefficient (Wildman–Crippen LogP) is 3.05. The van der Waals surface area contributed by atoms with Crippen LogP contribution in [0, 0.1) is 0 Å². The number of hydrogen-bond donors (Lipinski definition) is 2. The Bertz CT molecular complexity index is 1020. The standard InChI is InChI=1S/C23H25N3O4/c1-22(2)19(30-22)18-15-9-6-10-16-17(15)23(24,20(27)25-16)11-12-26(18)21(28)29-13-14-7-4-3-5-8-14/h3-10,18-19H,11-13,24H2,1-2H3,(H,25,27)/t18-,19+,23-/m0/s1. The molecule has 5 rings (SSSR count). The fraction of sp³-hybridized carbons (Fsp3) is 0.391. The Morgan fingerprint density at radius 1 is 1.23 bits per heavy atom. The number of carbonyl (C=O) groups excluding carboxylic acids is 2. The van der Waals surface area contributed by atoms with Crippen LogP contribution < -0.4 is 11.1 Å². The third-order valence-corrected chi connectivity index (χ3v) is 6.38. The smallest absolute Gasteiger partial charge is 0.410 e. The third kappa shape index (κ3) is 2.88. The Kier molecular flexibility index (Phi) is 4.17. The highest BCUT2D eigenvalue weighted by Gasteiger charge is 2.59. The number of nitrogens with one attached hydrogen (secondary N) is 1. The highest BCUT2D eigenvalue weighted by molar-refractivity contribution is 6.06. The molecule has 7 heteroatoms. The summed E-state index contributed by atoms with van der Waals surface area (Å²) in [5, 5.41) is 2.90. The molecule has 2 amide bonds. The van der Waals surface area contributed by atoms with E-state index in [4.69, 9.17) is 15.2 Å². The maximum Gasteiger partial charge on any atom is 0.410 e. The molecule has 2 aromatic rings. The first-order chi connectivity index (χ1) is 14.3. The van der Waals surface area contributed by atoms with Crippen LogP contribution >= 0.6 is 0 Å². The second-order valence-electron chi connectivity index (χ2n) is 8.77. The minimum Gasteiger partial charge on any atom is -0.445 e. The number of ether oxygens (including phenoxy) is 2. The van der Waals surface area contributed by atoms with E-state index in [1.54, 1.807) is 4.90 Å². The molecule has 3 heterocycles. The van der Waals surface area contributed by atoms with E-state index in [2.05, 4.69) is 5.32 Å². The number of amides is 2. The van der Waals surface area contributed by atoms with Crippen LogP contribution in [0.2, 0.25) is 0 Å². The molecular formula is C23H25N3O4. The predicted molar refractivity (Wildman–Crippen MR) is 111 cm³/mol. The van der Waals surface area contributed by atoms with Gasteiger partial charge in [-0.2, -0.15) is 0 Å². The maximum absolute atomic E-state index is 13.2. The van der Waals surface area contributed by atoms with Crippen molar-refractivity contribution in [1.29, 1.82) is 0 Å². The average molecular weight is 407 g/mol. The number of benzene rings is 2. The molecule has 0 spiro atoms. The Morgan fingerprint density at radius 3 is 2.67 bits per heavy atom. The fourth-order valence-electron chi connectivity index (χ4n) is 4.68. The van der Waals surface area contributed by atoms with Crippen molar-refractivity contribution >= 4 is 17.7 Å². The minimum atomic E-state index is -1.17. The normalized spacial score (nSPS) is 28.4. The van der Waals surface area contributed by atoms with Gasteiger partial charge in [0.2, 0.25) is 5.91 Å². The Labute approximate surface area is 175 Å². The first-order valence-electron chi connectivity index (χ1n) is 10.2. The number of rotatable bonds is 3. The van der Waals surface area contributed by atoms with Crippen LogP contribution in [-0.4, -0.2) is 35.2 Å². The molecule has 3 N–H and O–H groups in total. The lowest BCUT2D eigenvalue weighted by Gasteiger charge is -2.30. The molecule has 156 valence electrons. The van der Waals surface area contributed by atoms with Gasteiger partial charge in [0.25, 0.3) is 0 Å². The van der Waals surface area contributed by atoms with Crippen molar-refractivity contribution in [3.05, 3.63) is 65.2 Å². The molecule has 0 aromatic heterocycles.